The fourth-order valence-electron chi connectivity index (χ4n) is 1.36. The van der Waals surface area contributed by atoms with Gasteiger partial charge in [0.15, 0.2) is 0 Å². The van der Waals surface area contributed by atoms with Gasteiger partial charge in [0.25, 0.3) is 0 Å². The van der Waals surface area contributed by atoms with E-state index in [2.05, 4.69) is 5.32 Å². The summed E-state index contributed by atoms with van der Waals surface area (Å²) in [6.07, 6.45) is -4.26. The molecular formula is C11H14F3N. The molecule has 0 heterocycles. The van der Waals surface area contributed by atoms with Crippen molar-refractivity contribution in [1.82, 2.24) is 5.32 Å². The minimum absolute atomic E-state index is 0.211. The topological polar surface area (TPSA) is 12.0 Å². The van der Waals surface area contributed by atoms with Gasteiger partial charge in [-0.15, -0.1) is 0 Å². The zero-order chi connectivity index (χ0) is 11.5. The second-order valence-electron chi connectivity index (χ2n) is 3.71. The molecule has 0 aromatic heterocycles. The molecule has 0 bridgehead atoms. The normalized spacial score (nSPS) is 14.3. The maximum Gasteiger partial charge on any atom is 0.407 e. The Labute approximate surface area is 87.3 Å². The van der Waals surface area contributed by atoms with Crippen LogP contribution in [0.25, 0.3) is 0 Å². The van der Waals surface area contributed by atoms with E-state index in [0.717, 1.165) is 0 Å². The highest BCUT2D eigenvalue weighted by atomic mass is 19.4. The van der Waals surface area contributed by atoms with Gasteiger partial charge < -0.3 is 5.32 Å². The molecule has 1 aromatic carbocycles. The third-order valence-corrected chi connectivity index (χ3v) is 1.96. The first-order chi connectivity index (χ1) is 6.91. The Balaban J connectivity index is 2.92. The van der Waals surface area contributed by atoms with Crippen LogP contribution in [0.5, 0.6) is 0 Å². The average molecular weight is 217 g/mol. The lowest BCUT2D eigenvalue weighted by Gasteiger charge is -2.24. The summed E-state index contributed by atoms with van der Waals surface area (Å²) >= 11 is 0. The molecule has 0 radical (unpaired) electrons. The van der Waals surface area contributed by atoms with Crippen molar-refractivity contribution in [3.8, 4) is 0 Å². The van der Waals surface area contributed by atoms with E-state index in [-0.39, 0.29) is 11.6 Å². The zero-order valence-corrected chi connectivity index (χ0v) is 8.68. The Bertz CT molecular complexity index is 292. The average Bonchev–Trinajstić information content (AvgIpc) is 2.14. The molecule has 0 amide bonds. The molecule has 84 valence electrons. The molecule has 0 saturated carbocycles. The van der Waals surface area contributed by atoms with Crippen molar-refractivity contribution in [2.75, 3.05) is 0 Å². The molecule has 0 aliphatic rings. The molecule has 1 rings (SSSR count). The van der Waals surface area contributed by atoms with Crippen LogP contribution in [0, 0.1) is 0 Å². The van der Waals surface area contributed by atoms with Crippen LogP contribution in [0.4, 0.5) is 13.2 Å². The van der Waals surface area contributed by atoms with Gasteiger partial charge in [0.1, 0.15) is 6.04 Å². The molecule has 0 spiro atoms. The first kappa shape index (κ1) is 12.0. The molecule has 0 unspecified atom stereocenters. The van der Waals surface area contributed by atoms with Crippen molar-refractivity contribution < 1.29 is 13.2 Å². The molecule has 0 fully saturated rings. The maximum absolute atomic E-state index is 12.7. The first-order valence-electron chi connectivity index (χ1n) is 4.79. The van der Waals surface area contributed by atoms with Gasteiger partial charge in [0.05, 0.1) is 0 Å². The lowest BCUT2D eigenvalue weighted by molar-refractivity contribution is -0.159. The van der Waals surface area contributed by atoms with Gasteiger partial charge in [0.2, 0.25) is 0 Å². The van der Waals surface area contributed by atoms with Gasteiger partial charge in [-0.25, -0.2) is 0 Å². The number of hydrogen-bond acceptors (Lipinski definition) is 1. The number of nitrogens with one attached hydrogen (secondary N) is 1. The van der Waals surface area contributed by atoms with E-state index in [1.54, 1.807) is 32.0 Å². The molecular weight excluding hydrogens is 203 g/mol. The third kappa shape index (κ3) is 3.55. The maximum atomic E-state index is 12.7. The molecule has 1 atom stereocenters. The summed E-state index contributed by atoms with van der Waals surface area (Å²) in [7, 11) is 0. The van der Waals surface area contributed by atoms with E-state index in [1.807, 2.05) is 0 Å². The third-order valence-electron chi connectivity index (χ3n) is 1.96. The molecule has 0 aliphatic carbocycles. The number of hydrogen-bond donors (Lipinski definition) is 1. The Kier molecular flexibility index (Phi) is 3.74. The Hall–Kier alpha value is -1.03. The lowest BCUT2D eigenvalue weighted by Crippen LogP contribution is -2.38. The van der Waals surface area contributed by atoms with Crippen LogP contribution in [0.2, 0.25) is 0 Å². The highest BCUT2D eigenvalue weighted by molar-refractivity contribution is 5.20. The predicted molar refractivity (Wildman–Crippen MR) is 53.5 cm³/mol. The van der Waals surface area contributed by atoms with Crippen molar-refractivity contribution in [2.45, 2.75) is 32.1 Å². The van der Waals surface area contributed by atoms with Gasteiger partial charge in [0, 0.05) is 6.04 Å². The van der Waals surface area contributed by atoms with E-state index >= 15 is 0 Å². The first-order valence-corrected chi connectivity index (χ1v) is 4.79. The van der Waals surface area contributed by atoms with Gasteiger partial charge >= 0.3 is 6.18 Å². The van der Waals surface area contributed by atoms with Crippen LogP contribution in [-0.2, 0) is 0 Å². The highest BCUT2D eigenvalue weighted by Gasteiger charge is 2.40. The highest BCUT2D eigenvalue weighted by Crippen LogP contribution is 2.32. The quantitative estimate of drug-likeness (QED) is 0.819. The van der Waals surface area contributed by atoms with Crippen LogP contribution in [0.1, 0.15) is 25.5 Å². The van der Waals surface area contributed by atoms with Crippen LogP contribution >= 0.6 is 0 Å². The Morgan fingerprint density at radius 2 is 1.60 bits per heavy atom. The summed E-state index contributed by atoms with van der Waals surface area (Å²) in [5.41, 5.74) is 0.249. The van der Waals surface area contributed by atoms with E-state index < -0.39 is 12.2 Å². The number of rotatable bonds is 3. The number of halogens is 3. The second-order valence-corrected chi connectivity index (χ2v) is 3.71. The fourth-order valence-corrected chi connectivity index (χ4v) is 1.36. The van der Waals surface area contributed by atoms with Crippen molar-refractivity contribution >= 4 is 0 Å². The SMILES string of the molecule is CC(C)N[C@H](c1ccccc1)C(F)(F)F. The van der Waals surface area contributed by atoms with Crippen molar-refractivity contribution in [3.05, 3.63) is 35.9 Å². The molecule has 0 saturated heterocycles. The standard InChI is InChI=1S/C11H14F3N/c1-8(2)15-10(11(12,13)14)9-6-4-3-5-7-9/h3-8,10,15H,1-2H3/t10-/m1/s1. The van der Waals surface area contributed by atoms with Gasteiger partial charge in [-0.3, -0.25) is 0 Å². The number of benzene rings is 1. The van der Waals surface area contributed by atoms with Gasteiger partial charge in [-0.05, 0) is 5.56 Å². The summed E-state index contributed by atoms with van der Waals surface area (Å²) in [6, 6.07) is 6.08. The van der Waals surface area contributed by atoms with E-state index in [0.29, 0.717) is 0 Å². The van der Waals surface area contributed by atoms with E-state index in [4.69, 9.17) is 0 Å². The lowest BCUT2D eigenvalue weighted by atomic mass is 10.1. The second kappa shape index (κ2) is 4.66. The minimum Gasteiger partial charge on any atom is -0.300 e. The van der Waals surface area contributed by atoms with Crippen LogP contribution in [0.3, 0.4) is 0 Å². The minimum atomic E-state index is -4.26. The largest absolute Gasteiger partial charge is 0.407 e. The van der Waals surface area contributed by atoms with Crippen molar-refractivity contribution in [2.24, 2.45) is 0 Å². The molecule has 1 nitrogen and oxygen atoms in total. The summed E-state index contributed by atoms with van der Waals surface area (Å²) in [5.74, 6) is 0. The summed E-state index contributed by atoms with van der Waals surface area (Å²) in [6.45, 7) is 3.39. The van der Waals surface area contributed by atoms with Crippen LogP contribution in [-0.4, -0.2) is 12.2 Å². The summed E-state index contributed by atoms with van der Waals surface area (Å²) in [4.78, 5) is 0. The molecule has 0 aliphatic heterocycles. The molecule has 1 aromatic rings. The molecule has 4 heteroatoms. The predicted octanol–water partition coefficient (Wildman–Crippen LogP) is 3.29. The molecule has 1 N–H and O–H groups in total. The van der Waals surface area contributed by atoms with Crippen molar-refractivity contribution in [1.29, 1.82) is 0 Å². The number of alkyl halides is 3. The van der Waals surface area contributed by atoms with E-state index in [1.165, 1.54) is 12.1 Å². The fraction of sp³-hybridized carbons (Fsp3) is 0.455. The Morgan fingerprint density at radius 3 is 2.00 bits per heavy atom. The van der Waals surface area contributed by atoms with E-state index in [9.17, 15) is 13.2 Å². The van der Waals surface area contributed by atoms with Gasteiger partial charge in [-0.1, -0.05) is 44.2 Å². The Morgan fingerprint density at radius 1 is 1.07 bits per heavy atom. The van der Waals surface area contributed by atoms with Crippen LogP contribution < -0.4 is 5.32 Å². The smallest absolute Gasteiger partial charge is 0.300 e. The zero-order valence-electron chi connectivity index (χ0n) is 8.68. The summed E-state index contributed by atoms with van der Waals surface area (Å²) < 4.78 is 38.1. The molecule has 15 heavy (non-hydrogen) atoms. The van der Waals surface area contributed by atoms with Crippen LogP contribution in [0.15, 0.2) is 30.3 Å². The monoisotopic (exact) mass is 217 g/mol. The summed E-state index contributed by atoms with van der Waals surface area (Å²) in [5, 5.41) is 2.51. The van der Waals surface area contributed by atoms with Crippen molar-refractivity contribution in [3.63, 3.8) is 0 Å². The van der Waals surface area contributed by atoms with Gasteiger partial charge in [-0.2, -0.15) is 13.2 Å².